The molecular weight excluding hydrogens is 335 g/mol. The number of amides is 1. The average Bonchev–Trinajstić information content (AvgIpc) is 3.36. The Morgan fingerprint density at radius 1 is 1.31 bits per heavy atom. The van der Waals surface area contributed by atoms with E-state index < -0.39 is 0 Å². The number of nitrogens with zero attached hydrogens (tertiary/aromatic N) is 4. The highest BCUT2D eigenvalue weighted by molar-refractivity contribution is 5.93. The molecule has 1 aliphatic rings. The Bertz CT molecular complexity index is 902. The summed E-state index contributed by atoms with van der Waals surface area (Å²) in [4.78, 5) is 12.7. The van der Waals surface area contributed by atoms with Gasteiger partial charge in [-0.15, -0.1) is 0 Å². The van der Waals surface area contributed by atoms with Crippen LogP contribution in [0.3, 0.4) is 0 Å². The monoisotopic (exact) mass is 354 g/mol. The Morgan fingerprint density at radius 2 is 2.12 bits per heavy atom. The minimum absolute atomic E-state index is 0.0641. The molecule has 0 bridgehead atoms. The van der Waals surface area contributed by atoms with Crippen LogP contribution in [0.1, 0.15) is 16.5 Å². The second-order valence-electron chi connectivity index (χ2n) is 6.34. The van der Waals surface area contributed by atoms with Crippen molar-refractivity contribution in [2.75, 3.05) is 13.1 Å². The minimum Gasteiger partial charge on any atom is -0.344 e. The van der Waals surface area contributed by atoms with Crippen LogP contribution in [0.15, 0.2) is 48.8 Å². The minimum atomic E-state index is -0.299. The third-order valence-electron chi connectivity index (χ3n) is 4.62. The molecule has 0 spiro atoms. The van der Waals surface area contributed by atoms with Crippen LogP contribution in [-0.2, 0) is 7.05 Å². The first-order valence-corrected chi connectivity index (χ1v) is 8.42. The Morgan fingerprint density at radius 3 is 2.85 bits per heavy atom. The molecule has 8 heteroatoms. The maximum absolute atomic E-state index is 13.1. The highest BCUT2D eigenvalue weighted by Gasteiger charge is 2.31. The Kier molecular flexibility index (Phi) is 4.26. The number of carbonyl (C=O) groups is 1. The highest BCUT2D eigenvalue weighted by atomic mass is 19.1. The first kappa shape index (κ1) is 16.5. The van der Waals surface area contributed by atoms with E-state index in [2.05, 4.69) is 20.8 Å². The van der Waals surface area contributed by atoms with E-state index in [4.69, 9.17) is 0 Å². The molecule has 26 heavy (non-hydrogen) atoms. The number of halogens is 1. The number of rotatable bonds is 4. The lowest BCUT2D eigenvalue weighted by atomic mass is 10.1. The smallest absolute Gasteiger partial charge is 0.272 e. The van der Waals surface area contributed by atoms with Crippen molar-refractivity contribution in [2.45, 2.75) is 12.1 Å². The topological polar surface area (TPSA) is 76.8 Å². The first-order valence-electron chi connectivity index (χ1n) is 8.42. The summed E-state index contributed by atoms with van der Waals surface area (Å²) < 4.78 is 16.6. The number of hydrogen-bond donors (Lipinski definition) is 2. The number of carbonyl (C=O) groups excluding carboxylic acids is 1. The van der Waals surface area contributed by atoms with Gasteiger partial charge in [-0.05, 0) is 42.0 Å². The Hall–Kier alpha value is -3.00. The fraction of sp³-hybridized carbons (Fsp3) is 0.278. The van der Waals surface area contributed by atoms with Crippen LogP contribution in [-0.4, -0.2) is 44.6 Å². The maximum atomic E-state index is 13.1. The van der Waals surface area contributed by atoms with Gasteiger partial charge >= 0.3 is 0 Å². The maximum Gasteiger partial charge on any atom is 0.272 e. The van der Waals surface area contributed by atoms with Crippen molar-refractivity contribution in [2.24, 2.45) is 7.05 Å². The van der Waals surface area contributed by atoms with Gasteiger partial charge < -0.3 is 10.6 Å². The van der Waals surface area contributed by atoms with E-state index in [9.17, 15) is 9.18 Å². The molecule has 0 saturated carbocycles. The molecule has 134 valence electrons. The summed E-state index contributed by atoms with van der Waals surface area (Å²) in [5, 5.41) is 14.9. The van der Waals surface area contributed by atoms with Gasteiger partial charge in [0.15, 0.2) is 5.69 Å². The number of benzene rings is 1. The van der Waals surface area contributed by atoms with Gasteiger partial charge in [0, 0.05) is 32.5 Å². The van der Waals surface area contributed by atoms with Crippen LogP contribution >= 0.6 is 0 Å². The third kappa shape index (κ3) is 3.11. The van der Waals surface area contributed by atoms with Gasteiger partial charge in [0.1, 0.15) is 5.82 Å². The van der Waals surface area contributed by atoms with E-state index >= 15 is 0 Å². The SMILES string of the molecule is Cn1nc(C(=O)N[C@@H]2CNC[C@@H]2n2cccn2)cc1-c1ccc(F)cc1. The van der Waals surface area contributed by atoms with Crippen molar-refractivity contribution < 1.29 is 9.18 Å². The number of hydrogen-bond acceptors (Lipinski definition) is 4. The molecule has 1 saturated heterocycles. The van der Waals surface area contributed by atoms with Crippen LogP contribution < -0.4 is 10.6 Å². The summed E-state index contributed by atoms with van der Waals surface area (Å²) in [5.41, 5.74) is 1.89. The molecule has 2 atom stereocenters. The second kappa shape index (κ2) is 6.72. The Balaban J connectivity index is 1.52. The van der Waals surface area contributed by atoms with Crippen LogP contribution in [0, 0.1) is 5.82 Å². The van der Waals surface area contributed by atoms with Gasteiger partial charge in [0.2, 0.25) is 0 Å². The molecule has 7 nitrogen and oxygen atoms in total. The molecule has 0 aliphatic carbocycles. The summed E-state index contributed by atoms with van der Waals surface area (Å²) in [6, 6.07) is 9.69. The highest BCUT2D eigenvalue weighted by Crippen LogP contribution is 2.21. The lowest BCUT2D eigenvalue weighted by Gasteiger charge is -2.19. The molecular formula is C18H19FN6O. The van der Waals surface area contributed by atoms with Crippen molar-refractivity contribution in [3.05, 3.63) is 60.3 Å². The summed E-state index contributed by atoms with van der Waals surface area (Å²) in [6.45, 7) is 1.42. The van der Waals surface area contributed by atoms with Gasteiger partial charge in [-0.25, -0.2) is 4.39 Å². The molecule has 0 unspecified atom stereocenters. The summed E-state index contributed by atoms with van der Waals surface area (Å²) in [6.07, 6.45) is 3.62. The predicted molar refractivity (Wildman–Crippen MR) is 94.0 cm³/mol. The summed E-state index contributed by atoms with van der Waals surface area (Å²) in [7, 11) is 1.76. The fourth-order valence-electron chi connectivity index (χ4n) is 3.28. The zero-order valence-corrected chi connectivity index (χ0v) is 14.3. The van der Waals surface area contributed by atoms with Crippen LogP contribution in [0.4, 0.5) is 4.39 Å². The van der Waals surface area contributed by atoms with Crippen molar-refractivity contribution >= 4 is 5.91 Å². The fourth-order valence-corrected chi connectivity index (χ4v) is 3.28. The van der Waals surface area contributed by atoms with E-state index in [1.807, 2.05) is 16.9 Å². The molecule has 1 aliphatic heterocycles. The lowest BCUT2D eigenvalue weighted by Crippen LogP contribution is -2.41. The average molecular weight is 354 g/mol. The molecule has 1 amide bonds. The molecule has 1 fully saturated rings. The van der Waals surface area contributed by atoms with Gasteiger partial charge in [0.05, 0.1) is 17.8 Å². The van der Waals surface area contributed by atoms with Crippen molar-refractivity contribution in [1.29, 1.82) is 0 Å². The zero-order chi connectivity index (χ0) is 18.1. The molecule has 2 N–H and O–H groups in total. The van der Waals surface area contributed by atoms with E-state index in [-0.39, 0.29) is 23.8 Å². The number of aryl methyl sites for hydroxylation is 1. The lowest BCUT2D eigenvalue weighted by molar-refractivity contribution is 0.0925. The van der Waals surface area contributed by atoms with Gasteiger partial charge in [-0.2, -0.15) is 10.2 Å². The van der Waals surface area contributed by atoms with Crippen LogP contribution in [0.25, 0.3) is 11.3 Å². The molecule has 2 aromatic heterocycles. The number of nitrogens with one attached hydrogen (secondary N) is 2. The Labute approximate surface area is 149 Å². The molecule has 3 aromatic rings. The number of aromatic nitrogens is 4. The van der Waals surface area contributed by atoms with E-state index in [0.717, 1.165) is 17.8 Å². The van der Waals surface area contributed by atoms with Crippen molar-refractivity contribution in [3.8, 4) is 11.3 Å². The van der Waals surface area contributed by atoms with E-state index in [1.54, 1.807) is 36.1 Å². The van der Waals surface area contributed by atoms with Crippen molar-refractivity contribution in [3.63, 3.8) is 0 Å². The standard InChI is InChI=1S/C18H19FN6O/c1-24-16(12-3-5-13(19)6-4-12)9-14(23-24)18(26)22-15-10-20-11-17(15)25-8-2-7-21-25/h2-9,15,17,20H,10-11H2,1H3,(H,22,26)/t15-,17+/m1/s1. The second-order valence-corrected chi connectivity index (χ2v) is 6.34. The molecule has 4 rings (SSSR count). The van der Waals surface area contributed by atoms with Crippen molar-refractivity contribution in [1.82, 2.24) is 30.2 Å². The first-order chi connectivity index (χ1) is 12.6. The summed E-state index contributed by atoms with van der Waals surface area (Å²) in [5.74, 6) is -0.535. The van der Waals surface area contributed by atoms with Gasteiger partial charge in [0.25, 0.3) is 5.91 Å². The zero-order valence-electron chi connectivity index (χ0n) is 14.3. The third-order valence-corrected chi connectivity index (χ3v) is 4.62. The van der Waals surface area contributed by atoms with Gasteiger partial charge in [-0.3, -0.25) is 14.2 Å². The molecule has 0 radical (unpaired) electrons. The van der Waals surface area contributed by atoms with E-state index in [1.165, 1.54) is 12.1 Å². The van der Waals surface area contributed by atoms with Gasteiger partial charge in [-0.1, -0.05) is 0 Å². The normalized spacial score (nSPS) is 19.6. The largest absolute Gasteiger partial charge is 0.344 e. The van der Waals surface area contributed by atoms with Crippen LogP contribution in [0.2, 0.25) is 0 Å². The molecule has 1 aromatic carbocycles. The molecule has 3 heterocycles. The van der Waals surface area contributed by atoms with E-state index in [0.29, 0.717) is 12.2 Å². The van der Waals surface area contributed by atoms with Crippen LogP contribution in [0.5, 0.6) is 0 Å². The summed E-state index contributed by atoms with van der Waals surface area (Å²) >= 11 is 0. The predicted octanol–water partition coefficient (Wildman–Crippen LogP) is 1.37. The quantitative estimate of drug-likeness (QED) is 0.742.